The van der Waals surface area contributed by atoms with Gasteiger partial charge in [-0.05, 0) is 25.0 Å². The van der Waals surface area contributed by atoms with E-state index in [1.54, 1.807) is 10.9 Å². The monoisotopic (exact) mass is 435 g/mol. The van der Waals surface area contributed by atoms with E-state index in [1.165, 1.54) is 30.8 Å². The number of rotatable bonds is 6. The van der Waals surface area contributed by atoms with Gasteiger partial charge in [0.1, 0.15) is 11.2 Å². The molecule has 158 valence electrons. The molecule has 10 heteroatoms. The van der Waals surface area contributed by atoms with Crippen LogP contribution in [-0.2, 0) is 4.79 Å². The molecule has 1 fully saturated rings. The minimum atomic E-state index is -0.283. The number of anilines is 1. The zero-order valence-electron chi connectivity index (χ0n) is 16.7. The first kappa shape index (κ1) is 19.6. The molecule has 9 nitrogen and oxygen atoms in total. The third kappa shape index (κ3) is 3.98. The lowest BCUT2D eigenvalue weighted by Crippen LogP contribution is -2.19. The number of nitrogens with one attached hydrogen (secondary N) is 2. The first-order chi connectivity index (χ1) is 15.2. The van der Waals surface area contributed by atoms with Crippen LogP contribution in [-0.4, -0.2) is 41.2 Å². The molecule has 1 aliphatic carbocycles. The van der Waals surface area contributed by atoms with Crippen molar-refractivity contribution < 1.29 is 4.79 Å². The van der Waals surface area contributed by atoms with E-state index in [0.29, 0.717) is 28.0 Å². The summed E-state index contributed by atoms with van der Waals surface area (Å²) in [6.07, 6.45) is 7.75. The average Bonchev–Trinajstić information content (AvgIpc) is 3.53. The number of benzene rings is 1. The van der Waals surface area contributed by atoms with E-state index in [-0.39, 0.29) is 17.2 Å². The highest BCUT2D eigenvalue weighted by atomic mass is 32.2. The maximum absolute atomic E-state index is 12.5. The number of nitrogens with zero attached hydrogens (tertiary/aromatic N) is 5. The normalized spacial score (nSPS) is 14.3. The number of thioether (sulfide) groups is 1. The van der Waals surface area contributed by atoms with E-state index < -0.39 is 0 Å². The van der Waals surface area contributed by atoms with Gasteiger partial charge in [-0.3, -0.25) is 9.59 Å². The number of hydrogen-bond acceptors (Lipinski definition) is 6. The summed E-state index contributed by atoms with van der Waals surface area (Å²) in [5.74, 6) is 0.643. The van der Waals surface area contributed by atoms with Crippen LogP contribution in [0.15, 0.2) is 58.7 Å². The van der Waals surface area contributed by atoms with Gasteiger partial charge >= 0.3 is 0 Å². The number of hydrogen-bond donors (Lipinski definition) is 2. The van der Waals surface area contributed by atoms with Gasteiger partial charge in [0.25, 0.3) is 5.56 Å². The fourth-order valence-corrected chi connectivity index (χ4v) is 4.55. The van der Waals surface area contributed by atoms with Crippen molar-refractivity contribution in [2.75, 3.05) is 11.1 Å². The van der Waals surface area contributed by atoms with Crippen molar-refractivity contribution in [3.8, 4) is 5.69 Å². The van der Waals surface area contributed by atoms with Crippen LogP contribution in [0.1, 0.15) is 31.7 Å². The second kappa shape index (κ2) is 8.38. The van der Waals surface area contributed by atoms with E-state index in [0.717, 1.165) is 18.5 Å². The van der Waals surface area contributed by atoms with Gasteiger partial charge in [0.2, 0.25) is 5.91 Å². The van der Waals surface area contributed by atoms with Crippen molar-refractivity contribution in [3.63, 3.8) is 0 Å². The van der Waals surface area contributed by atoms with Crippen LogP contribution in [0, 0.1) is 0 Å². The van der Waals surface area contributed by atoms with Crippen molar-refractivity contribution in [1.82, 2.24) is 29.5 Å². The van der Waals surface area contributed by atoms with Crippen LogP contribution in [0.25, 0.3) is 16.7 Å². The number of carbonyl (C=O) groups excluding carboxylic acids is 1. The van der Waals surface area contributed by atoms with Crippen LogP contribution < -0.4 is 10.9 Å². The standard InChI is InChI=1S/C21H21N7O2S/c29-18(24-17-10-11-22-27(17)14-8-4-5-9-14)13-31-21-25-19-16(20(30)26-21)12-23-28(19)15-6-2-1-3-7-15/h1-3,6-7,10-12,14H,4-5,8-9,13H2,(H,24,29)(H,25,26,30). The lowest BCUT2D eigenvalue weighted by molar-refractivity contribution is -0.113. The minimum absolute atomic E-state index is 0.115. The van der Waals surface area contributed by atoms with E-state index in [4.69, 9.17) is 0 Å². The molecule has 2 N–H and O–H groups in total. The van der Waals surface area contributed by atoms with Crippen LogP contribution in [0.5, 0.6) is 0 Å². The fourth-order valence-electron chi connectivity index (χ4n) is 3.89. The number of aromatic amines is 1. The lowest BCUT2D eigenvalue weighted by atomic mass is 10.2. The van der Waals surface area contributed by atoms with Gasteiger partial charge < -0.3 is 10.3 Å². The van der Waals surface area contributed by atoms with E-state index in [9.17, 15) is 9.59 Å². The summed E-state index contributed by atoms with van der Waals surface area (Å²) in [6.45, 7) is 0. The Balaban J connectivity index is 1.31. The average molecular weight is 436 g/mol. The Morgan fingerprint density at radius 3 is 2.77 bits per heavy atom. The quantitative estimate of drug-likeness (QED) is 0.356. The van der Waals surface area contributed by atoms with Gasteiger partial charge in [0, 0.05) is 6.07 Å². The summed E-state index contributed by atoms with van der Waals surface area (Å²) in [5, 5.41) is 12.4. The molecule has 0 bridgehead atoms. The summed E-state index contributed by atoms with van der Waals surface area (Å²) in [6, 6.07) is 11.6. The molecule has 0 aliphatic heterocycles. The Kier molecular flexibility index (Phi) is 5.29. The zero-order chi connectivity index (χ0) is 21.2. The second-order valence-electron chi connectivity index (χ2n) is 7.44. The van der Waals surface area contributed by atoms with Gasteiger partial charge in [0.15, 0.2) is 10.8 Å². The topological polar surface area (TPSA) is 110 Å². The summed E-state index contributed by atoms with van der Waals surface area (Å²) in [5.41, 5.74) is 0.982. The zero-order valence-corrected chi connectivity index (χ0v) is 17.5. The molecule has 3 aromatic heterocycles. The van der Waals surface area contributed by atoms with Gasteiger partial charge in [0.05, 0.1) is 29.9 Å². The minimum Gasteiger partial charge on any atom is -0.310 e. The third-order valence-electron chi connectivity index (χ3n) is 5.37. The summed E-state index contributed by atoms with van der Waals surface area (Å²) < 4.78 is 3.52. The van der Waals surface area contributed by atoms with Crippen molar-refractivity contribution in [2.24, 2.45) is 0 Å². The Morgan fingerprint density at radius 2 is 1.97 bits per heavy atom. The van der Waals surface area contributed by atoms with Crippen molar-refractivity contribution >= 4 is 34.5 Å². The van der Waals surface area contributed by atoms with Crippen LogP contribution in [0.3, 0.4) is 0 Å². The van der Waals surface area contributed by atoms with E-state index in [1.807, 2.05) is 41.1 Å². The van der Waals surface area contributed by atoms with E-state index >= 15 is 0 Å². The molecule has 0 radical (unpaired) electrons. The van der Waals surface area contributed by atoms with E-state index in [2.05, 4.69) is 25.5 Å². The molecule has 0 spiro atoms. The number of amides is 1. The predicted octanol–water partition coefficient (Wildman–Crippen LogP) is 3.15. The molecular weight excluding hydrogens is 414 g/mol. The Labute approximate surface area is 181 Å². The van der Waals surface area contributed by atoms with Gasteiger partial charge in [-0.15, -0.1) is 0 Å². The number of carbonyl (C=O) groups is 1. The third-order valence-corrected chi connectivity index (χ3v) is 6.24. The highest BCUT2D eigenvalue weighted by Gasteiger charge is 2.20. The number of H-pyrrole nitrogens is 1. The summed E-state index contributed by atoms with van der Waals surface area (Å²) in [7, 11) is 0. The highest BCUT2D eigenvalue weighted by molar-refractivity contribution is 7.99. The molecule has 1 aromatic carbocycles. The largest absolute Gasteiger partial charge is 0.310 e. The van der Waals surface area contributed by atoms with Crippen LogP contribution in [0.4, 0.5) is 5.82 Å². The SMILES string of the molecule is O=C(CSc1nc2c(cnn2-c2ccccc2)c(=O)[nH]1)Nc1ccnn1C1CCCC1. The molecule has 5 rings (SSSR count). The van der Waals surface area contributed by atoms with Gasteiger partial charge in [-0.1, -0.05) is 42.8 Å². The Bertz CT molecular complexity index is 1270. The Hall–Kier alpha value is -3.40. The molecule has 0 unspecified atom stereocenters. The molecule has 0 saturated heterocycles. The molecule has 4 aromatic rings. The molecular formula is C21H21N7O2S. The van der Waals surface area contributed by atoms with Crippen molar-refractivity contribution in [3.05, 3.63) is 59.1 Å². The number of aromatic nitrogens is 6. The number of para-hydroxylation sites is 1. The molecule has 0 atom stereocenters. The maximum atomic E-state index is 12.5. The fraction of sp³-hybridized carbons (Fsp3) is 0.286. The molecule has 1 saturated carbocycles. The molecule has 3 heterocycles. The van der Waals surface area contributed by atoms with Gasteiger partial charge in [-0.2, -0.15) is 10.2 Å². The first-order valence-electron chi connectivity index (χ1n) is 10.2. The molecule has 1 amide bonds. The highest BCUT2D eigenvalue weighted by Crippen LogP contribution is 2.31. The first-order valence-corrected chi connectivity index (χ1v) is 11.2. The molecule has 1 aliphatic rings. The van der Waals surface area contributed by atoms with Crippen molar-refractivity contribution in [1.29, 1.82) is 0 Å². The molecule has 31 heavy (non-hydrogen) atoms. The summed E-state index contributed by atoms with van der Waals surface area (Å²) in [4.78, 5) is 32.3. The van der Waals surface area contributed by atoms with Crippen LogP contribution >= 0.6 is 11.8 Å². The lowest BCUT2D eigenvalue weighted by Gasteiger charge is -2.14. The maximum Gasteiger partial charge on any atom is 0.262 e. The van der Waals surface area contributed by atoms with Gasteiger partial charge in [-0.25, -0.2) is 14.3 Å². The van der Waals surface area contributed by atoms with Crippen LogP contribution in [0.2, 0.25) is 0 Å². The predicted molar refractivity (Wildman–Crippen MR) is 119 cm³/mol. The Morgan fingerprint density at radius 1 is 1.16 bits per heavy atom. The summed E-state index contributed by atoms with van der Waals surface area (Å²) >= 11 is 1.18. The second-order valence-corrected chi connectivity index (χ2v) is 8.40. The number of fused-ring (bicyclic) bond motifs is 1. The van der Waals surface area contributed by atoms with Crippen molar-refractivity contribution in [2.45, 2.75) is 36.9 Å². The smallest absolute Gasteiger partial charge is 0.262 e.